The van der Waals surface area contributed by atoms with Crippen LogP contribution in [0, 0.1) is 6.92 Å². The van der Waals surface area contributed by atoms with Crippen LogP contribution in [0.1, 0.15) is 5.56 Å². The minimum atomic E-state index is -3.62. The second-order valence-electron chi connectivity index (χ2n) is 3.70. The van der Waals surface area contributed by atoms with Crippen LogP contribution in [-0.2, 0) is 10.0 Å². The van der Waals surface area contributed by atoms with Gasteiger partial charge in [-0.2, -0.15) is 0 Å². The molecule has 0 aliphatic carbocycles. The van der Waals surface area contributed by atoms with Crippen molar-refractivity contribution >= 4 is 70.5 Å². The third-order valence-electron chi connectivity index (χ3n) is 2.40. The Morgan fingerprint density at radius 1 is 1.32 bits per heavy atom. The van der Waals surface area contributed by atoms with Gasteiger partial charge in [0.2, 0.25) is 0 Å². The van der Waals surface area contributed by atoms with Crippen LogP contribution in [-0.4, -0.2) is 8.42 Å². The Morgan fingerprint density at radius 3 is 2.58 bits per heavy atom. The van der Waals surface area contributed by atoms with E-state index in [9.17, 15) is 8.42 Å². The summed E-state index contributed by atoms with van der Waals surface area (Å²) in [6.07, 6.45) is 0. The fourth-order valence-electron chi connectivity index (χ4n) is 1.37. The van der Waals surface area contributed by atoms with Crippen LogP contribution in [0.15, 0.2) is 36.7 Å². The number of anilines is 1. The van der Waals surface area contributed by atoms with Gasteiger partial charge in [-0.05, 0) is 46.6 Å². The van der Waals surface area contributed by atoms with Crippen molar-refractivity contribution in [3.8, 4) is 0 Å². The van der Waals surface area contributed by atoms with Crippen molar-refractivity contribution in [1.29, 1.82) is 0 Å². The van der Waals surface area contributed by atoms with E-state index in [1.807, 2.05) is 13.0 Å². The number of hydrogen-bond donors (Lipinski definition) is 1. The summed E-state index contributed by atoms with van der Waals surface area (Å²) in [5, 5.41) is 0.385. The second-order valence-corrected chi connectivity index (χ2v) is 9.25. The van der Waals surface area contributed by atoms with Crippen LogP contribution in [0.5, 0.6) is 0 Å². The van der Waals surface area contributed by atoms with E-state index in [1.54, 1.807) is 12.1 Å². The van der Waals surface area contributed by atoms with Gasteiger partial charge in [0, 0.05) is 4.47 Å². The molecule has 0 spiro atoms. The lowest BCUT2D eigenvalue weighted by Crippen LogP contribution is -2.12. The van der Waals surface area contributed by atoms with Gasteiger partial charge in [-0.3, -0.25) is 4.72 Å². The van der Waals surface area contributed by atoms with E-state index in [0.717, 1.165) is 21.4 Å². The van der Waals surface area contributed by atoms with Crippen LogP contribution in [0.4, 0.5) is 5.69 Å². The molecule has 1 heterocycles. The molecule has 0 unspecified atom stereocenters. The topological polar surface area (TPSA) is 46.2 Å². The van der Waals surface area contributed by atoms with Crippen molar-refractivity contribution in [3.05, 3.63) is 43.1 Å². The normalized spacial score (nSPS) is 11.6. The Labute approximate surface area is 137 Å². The summed E-state index contributed by atoms with van der Waals surface area (Å²) in [7, 11) is -3.62. The number of rotatable bonds is 3. The molecule has 0 aliphatic heterocycles. The largest absolute Gasteiger partial charge is 0.279 e. The van der Waals surface area contributed by atoms with Crippen molar-refractivity contribution in [3.63, 3.8) is 0 Å². The molecule has 0 amide bonds. The number of sulfonamides is 1. The van der Waals surface area contributed by atoms with Gasteiger partial charge in [-0.25, -0.2) is 8.42 Å². The van der Waals surface area contributed by atoms with E-state index in [1.165, 1.54) is 6.07 Å². The van der Waals surface area contributed by atoms with E-state index >= 15 is 0 Å². The van der Waals surface area contributed by atoms with Crippen molar-refractivity contribution in [1.82, 2.24) is 0 Å². The summed E-state index contributed by atoms with van der Waals surface area (Å²) >= 11 is 13.5. The van der Waals surface area contributed by atoms with Gasteiger partial charge in [0.15, 0.2) is 0 Å². The van der Waals surface area contributed by atoms with Crippen LogP contribution < -0.4 is 4.72 Å². The molecular weight excluding hydrogens is 438 g/mol. The average Bonchev–Trinajstić information content (AvgIpc) is 2.66. The molecule has 1 aromatic heterocycles. The van der Waals surface area contributed by atoms with Crippen molar-refractivity contribution < 1.29 is 8.42 Å². The summed E-state index contributed by atoms with van der Waals surface area (Å²) in [4.78, 5) is 0. The molecular formula is C11H8Br2ClNO2S2. The molecule has 8 heteroatoms. The number of halogens is 3. The number of nitrogens with one attached hydrogen (secondary N) is 1. The minimum absolute atomic E-state index is 0.170. The van der Waals surface area contributed by atoms with Crippen molar-refractivity contribution in [2.75, 3.05) is 4.72 Å². The molecule has 0 fully saturated rings. The highest BCUT2D eigenvalue weighted by Crippen LogP contribution is 2.35. The van der Waals surface area contributed by atoms with Gasteiger partial charge in [-0.1, -0.05) is 33.6 Å². The molecule has 102 valence electrons. The minimum Gasteiger partial charge on any atom is -0.279 e. The molecule has 0 saturated heterocycles. The molecule has 3 nitrogen and oxygen atoms in total. The first-order chi connectivity index (χ1) is 8.81. The summed E-state index contributed by atoms with van der Waals surface area (Å²) < 4.78 is 28.6. The van der Waals surface area contributed by atoms with E-state index in [4.69, 9.17) is 11.6 Å². The summed E-state index contributed by atoms with van der Waals surface area (Å²) in [5.41, 5.74) is 1.36. The molecule has 2 rings (SSSR count). The molecule has 2 aromatic rings. The van der Waals surface area contributed by atoms with Gasteiger partial charge in [0.1, 0.15) is 4.21 Å². The molecule has 0 atom stereocenters. The number of thiophene rings is 1. The Bertz CT molecular complexity index is 709. The lowest BCUT2D eigenvalue weighted by Gasteiger charge is -2.10. The summed E-state index contributed by atoms with van der Waals surface area (Å²) in [6, 6.07) is 6.76. The smallest absolute Gasteiger partial charge is 0.271 e. The number of benzene rings is 1. The van der Waals surface area contributed by atoms with Crippen LogP contribution in [0.25, 0.3) is 0 Å². The zero-order valence-corrected chi connectivity index (χ0v) is 15.1. The average molecular weight is 446 g/mol. The quantitative estimate of drug-likeness (QED) is 0.720. The predicted octanol–water partition coefficient (Wildman–Crippen LogP) is 5.04. The molecule has 0 bridgehead atoms. The van der Waals surface area contributed by atoms with Gasteiger partial charge in [0.25, 0.3) is 10.0 Å². The zero-order valence-electron chi connectivity index (χ0n) is 9.58. The zero-order chi connectivity index (χ0) is 14.2. The third kappa shape index (κ3) is 3.33. The summed E-state index contributed by atoms with van der Waals surface area (Å²) in [6.45, 7) is 1.83. The molecule has 0 aliphatic rings. The highest BCUT2D eigenvalue weighted by Gasteiger charge is 2.20. The van der Waals surface area contributed by atoms with Gasteiger partial charge in [-0.15, -0.1) is 11.3 Å². The second kappa shape index (κ2) is 5.73. The fourth-order valence-corrected chi connectivity index (χ4v) is 5.26. The Balaban J connectivity index is 2.39. The lowest BCUT2D eigenvalue weighted by atomic mass is 10.2. The SMILES string of the molecule is Cc1c(Br)cccc1NS(=O)(=O)c1cc(Cl)c(Br)s1. The highest BCUT2D eigenvalue weighted by molar-refractivity contribution is 9.11. The first-order valence-corrected chi connectivity index (χ1v) is 9.30. The Morgan fingerprint density at radius 2 is 2.00 bits per heavy atom. The van der Waals surface area contributed by atoms with Crippen LogP contribution >= 0.6 is 54.8 Å². The lowest BCUT2D eigenvalue weighted by molar-refractivity contribution is 0.603. The van der Waals surface area contributed by atoms with Gasteiger partial charge >= 0.3 is 0 Å². The van der Waals surface area contributed by atoms with Gasteiger partial charge < -0.3 is 0 Å². The Kier molecular flexibility index (Phi) is 4.62. The molecule has 19 heavy (non-hydrogen) atoms. The van der Waals surface area contributed by atoms with Crippen LogP contribution in [0.2, 0.25) is 5.02 Å². The standard InChI is InChI=1S/C11H8Br2ClNO2S2/c1-6-7(12)3-2-4-9(6)15-19(16,17)10-5-8(14)11(13)18-10/h2-5,15H,1H3. The monoisotopic (exact) mass is 443 g/mol. The molecule has 0 radical (unpaired) electrons. The third-order valence-corrected chi connectivity index (χ3v) is 7.57. The van der Waals surface area contributed by atoms with Crippen molar-refractivity contribution in [2.24, 2.45) is 0 Å². The Hall–Kier alpha value is -0.0800. The first-order valence-electron chi connectivity index (χ1n) is 5.04. The van der Waals surface area contributed by atoms with Crippen LogP contribution in [0.3, 0.4) is 0 Å². The molecule has 0 saturated carbocycles. The van der Waals surface area contributed by atoms with E-state index in [2.05, 4.69) is 36.6 Å². The molecule has 1 aromatic carbocycles. The maximum absolute atomic E-state index is 12.2. The molecule has 1 N–H and O–H groups in total. The summed E-state index contributed by atoms with van der Waals surface area (Å²) in [5.74, 6) is 0. The highest BCUT2D eigenvalue weighted by atomic mass is 79.9. The van der Waals surface area contributed by atoms with Crippen molar-refractivity contribution in [2.45, 2.75) is 11.1 Å². The first kappa shape index (κ1) is 15.3. The fraction of sp³-hybridized carbons (Fsp3) is 0.0909. The maximum atomic E-state index is 12.2. The van der Waals surface area contributed by atoms with E-state index < -0.39 is 10.0 Å². The van der Waals surface area contributed by atoms with Gasteiger partial charge in [0.05, 0.1) is 14.5 Å². The maximum Gasteiger partial charge on any atom is 0.271 e. The predicted molar refractivity (Wildman–Crippen MR) is 86.7 cm³/mol. The van der Waals surface area contributed by atoms with E-state index in [0.29, 0.717) is 14.5 Å². The number of hydrogen-bond acceptors (Lipinski definition) is 3. The van der Waals surface area contributed by atoms with E-state index in [-0.39, 0.29) is 4.21 Å².